The third kappa shape index (κ3) is 9.72. The van der Waals surface area contributed by atoms with Gasteiger partial charge in [-0.1, -0.05) is 102 Å². The second kappa shape index (κ2) is 17.7. The molecule has 0 atom stereocenters. The minimum absolute atomic E-state index is 0.0865. The van der Waals surface area contributed by atoms with Crippen molar-refractivity contribution >= 4 is 26.9 Å². The van der Waals surface area contributed by atoms with E-state index in [0.29, 0.717) is 5.39 Å². The van der Waals surface area contributed by atoms with Gasteiger partial charge in [-0.05, 0) is 67.1 Å². The van der Waals surface area contributed by atoms with Crippen LogP contribution in [0.4, 0.5) is 13.2 Å². The summed E-state index contributed by atoms with van der Waals surface area (Å²) in [4.78, 5) is 11.4. The fraction of sp³-hybridized carbons (Fsp3) is 0.447. The Hall–Kier alpha value is -3.63. The first kappa shape index (κ1) is 38.8. The lowest BCUT2D eigenvalue weighted by molar-refractivity contribution is -0.929. The molecule has 0 aliphatic carbocycles. The zero-order valence-corrected chi connectivity index (χ0v) is 29.4. The summed E-state index contributed by atoms with van der Waals surface area (Å²) in [6.07, 6.45) is 6.49. The summed E-state index contributed by atoms with van der Waals surface area (Å²) in [6.45, 7) is 15.0. The summed E-state index contributed by atoms with van der Waals surface area (Å²) in [5.74, 6) is -1.42. The van der Waals surface area contributed by atoms with Crippen LogP contribution in [0.15, 0.2) is 83.8 Å². The Labute approximate surface area is 283 Å². The van der Waals surface area contributed by atoms with E-state index in [-0.39, 0.29) is 21.5 Å². The molecule has 0 unspecified atom stereocenters. The topological polar surface area (TPSA) is 76.4 Å². The highest BCUT2D eigenvalue weighted by Crippen LogP contribution is 2.37. The second-order valence-corrected chi connectivity index (χ2v) is 14.2. The van der Waals surface area contributed by atoms with E-state index in [4.69, 9.17) is 0 Å². The van der Waals surface area contributed by atoms with Crippen LogP contribution in [0.25, 0.3) is 22.0 Å². The number of para-hydroxylation sites is 1. The van der Waals surface area contributed by atoms with E-state index in [2.05, 4.69) is 27.7 Å². The van der Waals surface area contributed by atoms with Crippen LogP contribution in [0, 0.1) is 0 Å². The molecule has 0 aliphatic rings. The van der Waals surface area contributed by atoms with E-state index in [1.165, 1.54) is 124 Å². The fourth-order valence-corrected chi connectivity index (χ4v) is 7.58. The van der Waals surface area contributed by atoms with Gasteiger partial charge in [0, 0.05) is 5.39 Å². The van der Waals surface area contributed by atoms with Crippen molar-refractivity contribution in [1.82, 2.24) is 3.97 Å². The number of hydrogen-bond acceptors (Lipinski definition) is 3. The molecule has 0 bridgehead atoms. The van der Waals surface area contributed by atoms with Gasteiger partial charge in [-0.25, -0.2) is 17.2 Å². The zero-order valence-electron chi connectivity index (χ0n) is 28.6. The summed E-state index contributed by atoms with van der Waals surface area (Å²) in [5, 5.41) is 9.91. The number of halogens is 3. The number of aromatic carboxylic acids is 1. The number of hydrogen-bond donors (Lipinski definition) is 1. The minimum atomic E-state index is -4.57. The number of fused-ring (bicyclic) bond motifs is 1. The van der Waals surface area contributed by atoms with Crippen LogP contribution in [-0.2, 0) is 16.2 Å². The molecule has 0 aliphatic heterocycles. The van der Waals surface area contributed by atoms with Gasteiger partial charge in [0.2, 0.25) is 0 Å². The molecule has 1 heterocycles. The summed E-state index contributed by atoms with van der Waals surface area (Å²) in [5.41, 5.74) is -0.992. The maximum absolute atomic E-state index is 13.3. The smallest absolute Gasteiger partial charge is 0.417 e. The first-order chi connectivity index (χ1) is 22.8. The van der Waals surface area contributed by atoms with E-state index in [1.807, 2.05) is 0 Å². The maximum atomic E-state index is 13.3. The van der Waals surface area contributed by atoms with Crippen molar-refractivity contribution < 1.29 is 36.0 Å². The van der Waals surface area contributed by atoms with Gasteiger partial charge in [0.15, 0.2) is 0 Å². The first-order valence-electron chi connectivity index (χ1n) is 17.1. The van der Waals surface area contributed by atoms with Crippen LogP contribution in [0.1, 0.15) is 95.1 Å². The van der Waals surface area contributed by atoms with Gasteiger partial charge in [0.1, 0.15) is 5.69 Å². The van der Waals surface area contributed by atoms with E-state index in [1.54, 1.807) is 18.2 Å². The molecular formula is C38H50F3N2O4S+. The van der Waals surface area contributed by atoms with E-state index in [9.17, 15) is 31.5 Å². The molecule has 0 saturated heterocycles. The van der Waals surface area contributed by atoms with Crippen LogP contribution in [-0.4, -0.2) is 54.1 Å². The lowest BCUT2D eigenvalue weighted by Crippen LogP contribution is -2.50. The standard InChI is InChI=1S/C22H14F3NO4S.C16H36N/c23-22(24,25)18-7-3-2-6-17(18)14-9-11-16(12-10-14)31(29,30)26-19-8-4-1-5-15(19)13-20(26)21(27)28;1-5-9-13-17(14-10-6-2,15-11-7-3)16-12-8-4/h1-13H,(H,27,28);5-16H2,1-4H3/q;+1. The number of benzene rings is 3. The second-order valence-electron chi connectivity index (χ2n) is 12.4. The highest BCUT2D eigenvalue weighted by molar-refractivity contribution is 7.90. The van der Waals surface area contributed by atoms with Crippen molar-refractivity contribution in [3.05, 3.63) is 90.1 Å². The summed E-state index contributed by atoms with van der Waals surface area (Å²) in [6, 6.07) is 17.4. The van der Waals surface area contributed by atoms with Crippen molar-refractivity contribution in [3.8, 4) is 11.1 Å². The van der Waals surface area contributed by atoms with Crippen molar-refractivity contribution in [3.63, 3.8) is 0 Å². The van der Waals surface area contributed by atoms with E-state index < -0.39 is 33.4 Å². The molecular weight excluding hydrogens is 637 g/mol. The molecule has 262 valence electrons. The van der Waals surface area contributed by atoms with E-state index >= 15 is 0 Å². The Morgan fingerprint density at radius 2 is 1.21 bits per heavy atom. The number of carbonyl (C=O) groups is 1. The highest BCUT2D eigenvalue weighted by Gasteiger charge is 2.33. The zero-order chi connectivity index (χ0) is 35.4. The molecule has 10 heteroatoms. The highest BCUT2D eigenvalue weighted by atomic mass is 32.2. The average Bonchev–Trinajstić information content (AvgIpc) is 3.49. The first-order valence-corrected chi connectivity index (χ1v) is 18.5. The van der Waals surface area contributed by atoms with Gasteiger partial charge in [0.25, 0.3) is 10.0 Å². The lowest BCUT2D eigenvalue weighted by atomic mass is 9.99. The maximum Gasteiger partial charge on any atom is 0.417 e. The van der Waals surface area contributed by atoms with Gasteiger partial charge < -0.3 is 9.59 Å². The van der Waals surface area contributed by atoms with Gasteiger partial charge >= 0.3 is 12.1 Å². The molecule has 3 aromatic carbocycles. The Bertz CT molecular complexity index is 1680. The number of aromatic nitrogens is 1. The third-order valence-corrected chi connectivity index (χ3v) is 10.5. The average molecular weight is 688 g/mol. The quantitative estimate of drug-likeness (QED) is 0.119. The molecule has 0 amide bonds. The molecule has 1 aromatic heterocycles. The van der Waals surface area contributed by atoms with Crippen molar-refractivity contribution in [2.45, 2.75) is 90.1 Å². The number of nitrogens with zero attached hydrogens (tertiary/aromatic N) is 2. The van der Waals surface area contributed by atoms with Crippen LogP contribution < -0.4 is 0 Å². The number of rotatable bonds is 16. The largest absolute Gasteiger partial charge is 0.477 e. The summed E-state index contributed by atoms with van der Waals surface area (Å²) >= 11 is 0. The van der Waals surface area contributed by atoms with Gasteiger partial charge in [0.05, 0.1) is 42.2 Å². The summed E-state index contributed by atoms with van der Waals surface area (Å²) < 4.78 is 68.5. The van der Waals surface area contributed by atoms with Gasteiger partial charge in [-0.15, -0.1) is 0 Å². The SMILES string of the molecule is CCCC[N+](CCCC)(CCCC)CCCC.O=C(O)c1cc2ccccc2n1S(=O)(=O)c1ccc(-c2ccccc2C(F)(F)F)cc1. The molecule has 4 aromatic rings. The fourth-order valence-electron chi connectivity index (χ4n) is 6.08. The van der Waals surface area contributed by atoms with Crippen LogP contribution in [0.2, 0.25) is 0 Å². The van der Waals surface area contributed by atoms with Crippen molar-refractivity contribution in [1.29, 1.82) is 0 Å². The lowest BCUT2D eigenvalue weighted by Gasteiger charge is -2.39. The van der Waals surface area contributed by atoms with Crippen LogP contribution in [0.3, 0.4) is 0 Å². The summed E-state index contributed by atoms with van der Waals surface area (Å²) in [7, 11) is -4.32. The number of carboxylic acid groups (broad SMARTS) is 1. The Morgan fingerprint density at radius 3 is 1.69 bits per heavy atom. The van der Waals surface area contributed by atoms with Gasteiger partial charge in [-0.3, -0.25) is 0 Å². The third-order valence-electron chi connectivity index (χ3n) is 8.77. The number of carboxylic acids is 1. The molecule has 0 radical (unpaired) electrons. The molecule has 0 spiro atoms. The normalized spacial score (nSPS) is 12.1. The van der Waals surface area contributed by atoms with Crippen LogP contribution >= 0.6 is 0 Å². The predicted octanol–water partition coefficient (Wildman–Crippen LogP) is 10.3. The Kier molecular flexibility index (Phi) is 14.3. The molecule has 0 fully saturated rings. The Balaban J connectivity index is 0.000000315. The van der Waals surface area contributed by atoms with E-state index in [0.717, 1.165) is 22.2 Å². The molecule has 6 nitrogen and oxygen atoms in total. The molecule has 1 N–H and O–H groups in total. The molecule has 4 rings (SSSR count). The molecule has 0 saturated carbocycles. The van der Waals surface area contributed by atoms with Crippen molar-refractivity contribution in [2.75, 3.05) is 26.2 Å². The number of alkyl halides is 3. The van der Waals surface area contributed by atoms with Crippen LogP contribution in [0.5, 0.6) is 0 Å². The Morgan fingerprint density at radius 1 is 0.729 bits per heavy atom. The number of quaternary nitrogens is 1. The monoisotopic (exact) mass is 687 g/mol. The number of unbranched alkanes of at least 4 members (excludes halogenated alkanes) is 4. The minimum Gasteiger partial charge on any atom is -0.477 e. The predicted molar refractivity (Wildman–Crippen MR) is 188 cm³/mol. The van der Waals surface area contributed by atoms with Crippen molar-refractivity contribution in [2.24, 2.45) is 0 Å². The molecule has 48 heavy (non-hydrogen) atoms. The van der Waals surface area contributed by atoms with Gasteiger partial charge in [-0.2, -0.15) is 13.2 Å².